The highest BCUT2D eigenvalue weighted by Crippen LogP contribution is 2.63. The Bertz CT molecular complexity index is 2140. The van der Waals surface area contributed by atoms with Crippen LogP contribution in [0.5, 0.6) is 0 Å². The van der Waals surface area contributed by atoms with E-state index in [1.807, 2.05) is 0 Å². The van der Waals surface area contributed by atoms with Gasteiger partial charge in [-0.2, -0.15) is 0 Å². The van der Waals surface area contributed by atoms with Gasteiger partial charge in [0.05, 0.1) is 28.0 Å². The van der Waals surface area contributed by atoms with E-state index in [2.05, 4.69) is 166 Å². The van der Waals surface area contributed by atoms with Gasteiger partial charge in [-0.1, -0.05) is 97.1 Å². The van der Waals surface area contributed by atoms with Crippen molar-refractivity contribution in [1.82, 2.24) is 0 Å². The van der Waals surface area contributed by atoms with Crippen molar-refractivity contribution in [2.24, 2.45) is 0 Å². The molecule has 4 heteroatoms. The number of benzene rings is 6. The van der Waals surface area contributed by atoms with Gasteiger partial charge in [-0.3, -0.25) is 0 Å². The van der Waals surface area contributed by atoms with Crippen LogP contribution in [0.4, 0.5) is 17.1 Å². The molecule has 0 radical (unpaired) electrons. The molecule has 6 aromatic rings. The molecule has 45 heavy (non-hydrogen) atoms. The topological polar surface area (TPSA) is 21.7 Å². The van der Waals surface area contributed by atoms with Gasteiger partial charge < -0.3 is 14.2 Å². The largest absolute Gasteiger partial charge is 0.494 e. The second-order valence-corrected chi connectivity index (χ2v) is 13.6. The molecule has 0 saturated carbocycles. The molecule has 218 valence electrons. The summed E-state index contributed by atoms with van der Waals surface area (Å²) in [5.74, 6) is 0. The van der Waals surface area contributed by atoms with Crippen LogP contribution in [0.15, 0.2) is 133 Å². The van der Waals surface area contributed by atoms with Crippen LogP contribution in [0, 0.1) is 0 Å². The summed E-state index contributed by atoms with van der Waals surface area (Å²) in [6, 6.07) is 49.1. The lowest BCUT2D eigenvalue weighted by Gasteiger charge is -2.45. The van der Waals surface area contributed by atoms with Gasteiger partial charge in [0.1, 0.15) is 0 Å². The van der Waals surface area contributed by atoms with Gasteiger partial charge in [-0.15, -0.1) is 0 Å². The van der Waals surface area contributed by atoms with Crippen LogP contribution in [0.3, 0.4) is 0 Å². The Hall–Kier alpha value is -4.64. The van der Waals surface area contributed by atoms with Crippen molar-refractivity contribution in [1.29, 1.82) is 0 Å². The molecule has 0 bridgehead atoms. The van der Waals surface area contributed by atoms with Gasteiger partial charge in [-0.25, -0.2) is 0 Å². The molecule has 0 amide bonds. The Morgan fingerprint density at radius 3 is 1.84 bits per heavy atom. The molecule has 1 aliphatic carbocycles. The first-order valence-corrected chi connectivity index (χ1v) is 15.9. The first kappa shape index (κ1) is 26.7. The van der Waals surface area contributed by atoms with Crippen molar-refractivity contribution in [2.75, 3.05) is 4.90 Å². The standard InChI is InChI=1S/C41H34BNO2/c1-39(2)40(3,4)45-42(44-39)29-22-23-38-36(26-29)41(34-20-12-13-21-37(34)43(38)30-16-6-5-7-17-30)33-19-11-10-18-31(33)32-24-27-14-8-9-15-28(27)25-35(32)41/h5-26H,1-4H3. The van der Waals surface area contributed by atoms with E-state index in [-0.39, 0.29) is 0 Å². The minimum absolute atomic E-state index is 0.431. The quantitative estimate of drug-likeness (QED) is 0.189. The SMILES string of the molecule is CC1(C)OB(c2ccc3c(c2)C2(c4ccccc4-c4cc5ccccc5cc42)c2ccccc2N3c2ccccc2)OC1(C)C. The van der Waals surface area contributed by atoms with E-state index in [4.69, 9.17) is 9.31 Å². The molecule has 6 aromatic carbocycles. The van der Waals surface area contributed by atoms with E-state index in [1.54, 1.807) is 0 Å². The molecule has 2 heterocycles. The van der Waals surface area contributed by atoms with Crippen LogP contribution in [0.25, 0.3) is 21.9 Å². The van der Waals surface area contributed by atoms with Crippen LogP contribution in [0.1, 0.15) is 49.9 Å². The fourth-order valence-corrected chi connectivity index (χ4v) is 7.83. The third-order valence-corrected chi connectivity index (χ3v) is 10.7. The molecule has 3 nitrogen and oxygen atoms in total. The Morgan fingerprint density at radius 1 is 0.489 bits per heavy atom. The molecule has 1 atom stereocenters. The van der Waals surface area contributed by atoms with Crippen molar-refractivity contribution in [3.8, 4) is 11.1 Å². The molecule has 1 unspecified atom stereocenters. The summed E-state index contributed by atoms with van der Waals surface area (Å²) in [5, 5.41) is 2.50. The van der Waals surface area contributed by atoms with Gasteiger partial charge in [0.2, 0.25) is 0 Å². The third-order valence-electron chi connectivity index (χ3n) is 10.7. The second-order valence-electron chi connectivity index (χ2n) is 13.6. The van der Waals surface area contributed by atoms with Crippen LogP contribution >= 0.6 is 0 Å². The third kappa shape index (κ3) is 3.55. The molecule has 2 aliphatic heterocycles. The van der Waals surface area contributed by atoms with Gasteiger partial charge in [0, 0.05) is 5.69 Å². The van der Waals surface area contributed by atoms with E-state index in [0.717, 1.165) is 16.8 Å². The van der Waals surface area contributed by atoms with E-state index >= 15 is 0 Å². The summed E-state index contributed by atoms with van der Waals surface area (Å²) in [7, 11) is -0.465. The number of fused-ring (bicyclic) bond motifs is 10. The van der Waals surface area contributed by atoms with E-state index in [9.17, 15) is 0 Å². The van der Waals surface area contributed by atoms with E-state index in [1.165, 1.54) is 49.8 Å². The summed E-state index contributed by atoms with van der Waals surface area (Å²) in [6.07, 6.45) is 0. The van der Waals surface area contributed by atoms with Crippen molar-refractivity contribution in [3.63, 3.8) is 0 Å². The Morgan fingerprint density at radius 2 is 1.09 bits per heavy atom. The van der Waals surface area contributed by atoms with Crippen molar-refractivity contribution in [3.05, 3.63) is 156 Å². The Labute approximate surface area is 265 Å². The molecule has 1 saturated heterocycles. The molecular formula is C41H34BNO2. The molecule has 1 fully saturated rings. The van der Waals surface area contributed by atoms with Crippen molar-refractivity contribution in [2.45, 2.75) is 44.3 Å². The summed E-state index contributed by atoms with van der Waals surface area (Å²) >= 11 is 0. The first-order chi connectivity index (χ1) is 21.8. The molecular weight excluding hydrogens is 549 g/mol. The minimum Gasteiger partial charge on any atom is -0.399 e. The molecule has 0 aromatic heterocycles. The maximum Gasteiger partial charge on any atom is 0.494 e. The number of para-hydroxylation sites is 2. The number of nitrogens with zero attached hydrogens (tertiary/aromatic N) is 1. The monoisotopic (exact) mass is 583 g/mol. The maximum atomic E-state index is 6.63. The summed E-state index contributed by atoms with van der Waals surface area (Å²) < 4.78 is 13.3. The molecule has 9 rings (SSSR count). The van der Waals surface area contributed by atoms with Gasteiger partial charge in [0.25, 0.3) is 0 Å². The van der Waals surface area contributed by atoms with Gasteiger partial charge in [-0.05, 0) is 114 Å². The first-order valence-electron chi connectivity index (χ1n) is 15.9. The zero-order chi connectivity index (χ0) is 30.6. The minimum atomic E-state index is -0.535. The molecule has 3 aliphatic rings. The molecule has 0 N–H and O–H groups in total. The second kappa shape index (κ2) is 9.20. The number of rotatable bonds is 2. The zero-order valence-corrected chi connectivity index (χ0v) is 26.0. The fourth-order valence-electron chi connectivity index (χ4n) is 7.83. The summed E-state index contributed by atoms with van der Waals surface area (Å²) in [4.78, 5) is 2.42. The number of hydrogen-bond donors (Lipinski definition) is 0. The summed E-state index contributed by atoms with van der Waals surface area (Å²) in [6.45, 7) is 8.48. The van der Waals surface area contributed by atoms with Crippen LogP contribution < -0.4 is 10.4 Å². The Kier molecular flexibility index (Phi) is 5.47. The maximum absolute atomic E-state index is 6.63. The lowest BCUT2D eigenvalue weighted by Crippen LogP contribution is -2.41. The van der Waals surface area contributed by atoms with Crippen molar-refractivity contribution < 1.29 is 9.31 Å². The number of hydrogen-bond acceptors (Lipinski definition) is 3. The van der Waals surface area contributed by atoms with Gasteiger partial charge in [0.15, 0.2) is 0 Å². The zero-order valence-electron chi connectivity index (χ0n) is 26.0. The predicted octanol–water partition coefficient (Wildman–Crippen LogP) is 9.29. The van der Waals surface area contributed by atoms with Crippen molar-refractivity contribution >= 4 is 40.4 Å². The normalized spacial score (nSPS) is 20.2. The van der Waals surface area contributed by atoms with Crippen LogP contribution in [-0.4, -0.2) is 18.3 Å². The lowest BCUT2D eigenvalue weighted by atomic mass is 9.63. The summed E-state index contributed by atoms with van der Waals surface area (Å²) in [5.41, 5.74) is 10.8. The highest BCUT2D eigenvalue weighted by molar-refractivity contribution is 6.62. The average molecular weight is 584 g/mol. The fraction of sp³-hybridized carbons (Fsp3) is 0.171. The Balaban J connectivity index is 1.41. The van der Waals surface area contributed by atoms with E-state index in [0.29, 0.717) is 0 Å². The highest BCUT2D eigenvalue weighted by atomic mass is 16.7. The van der Waals surface area contributed by atoms with E-state index < -0.39 is 23.7 Å². The van der Waals surface area contributed by atoms with Crippen LogP contribution in [0.2, 0.25) is 0 Å². The lowest BCUT2D eigenvalue weighted by molar-refractivity contribution is 0.00578. The smallest absolute Gasteiger partial charge is 0.399 e. The number of anilines is 3. The molecule has 1 spiro atoms. The average Bonchev–Trinajstić information content (AvgIpc) is 3.46. The van der Waals surface area contributed by atoms with Crippen LogP contribution in [-0.2, 0) is 14.7 Å². The highest BCUT2D eigenvalue weighted by Gasteiger charge is 2.54. The predicted molar refractivity (Wildman–Crippen MR) is 185 cm³/mol. The van der Waals surface area contributed by atoms with Gasteiger partial charge >= 0.3 is 7.12 Å².